The summed E-state index contributed by atoms with van der Waals surface area (Å²) in [7, 11) is 1.64. The molecule has 0 aromatic carbocycles. The minimum Gasteiger partial charge on any atom is -0.373 e. The van der Waals surface area contributed by atoms with Gasteiger partial charge in [0.05, 0.1) is 17.1 Å². The molecule has 0 saturated carbocycles. The summed E-state index contributed by atoms with van der Waals surface area (Å²) in [5, 5.41) is 18.0. The number of carbonyl (C=O) groups is 1. The maximum absolute atomic E-state index is 12.3. The Balaban J connectivity index is 1.42. The van der Waals surface area contributed by atoms with Gasteiger partial charge in [0.15, 0.2) is 5.76 Å². The molecule has 0 spiro atoms. The molecule has 1 aliphatic heterocycles. The number of amides is 1. The van der Waals surface area contributed by atoms with E-state index in [1.165, 1.54) is 4.90 Å². The first-order chi connectivity index (χ1) is 15.9. The van der Waals surface area contributed by atoms with Crippen molar-refractivity contribution in [3.8, 4) is 22.8 Å². The van der Waals surface area contributed by atoms with E-state index in [1.54, 1.807) is 43.8 Å². The maximum atomic E-state index is 12.3. The highest BCUT2D eigenvalue weighted by molar-refractivity contribution is 5.87. The Labute approximate surface area is 189 Å². The van der Waals surface area contributed by atoms with Crippen LogP contribution in [-0.4, -0.2) is 54.6 Å². The molecule has 1 saturated heterocycles. The quantitative estimate of drug-likeness (QED) is 0.478. The summed E-state index contributed by atoms with van der Waals surface area (Å²) in [5.74, 6) is 0.140. The van der Waals surface area contributed by atoms with Gasteiger partial charge in [-0.25, -0.2) is 15.0 Å². The third-order valence-corrected chi connectivity index (χ3v) is 5.62. The molecule has 10 nitrogen and oxygen atoms in total. The normalized spacial score (nSPS) is 18.0. The molecule has 1 atom stereocenters. The number of hydrogen-bond acceptors (Lipinski definition) is 9. The van der Waals surface area contributed by atoms with E-state index in [9.17, 15) is 9.90 Å². The largest absolute Gasteiger partial charge is 0.373 e. The Morgan fingerprint density at radius 3 is 2.64 bits per heavy atom. The van der Waals surface area contributed by atoms with Crippen LogP contribution in [0, 0.1) is 6.92 Å². The van der Waals surface area contributed by atoms with Gasteiger partial charge in [-0.3, -0.25) is 9.78 Å². The van der Waals surface area contributed by atoms with Gasteiger partial charge in [0, 0.05) is 50.4 Å². The average Bonchev–Trinajstić information content (AvgIpc) is 3.43. The molecule has 5 heterocycles. The van der Waals surface area contributed by atoms with E-state index in [0.29, 0.717) is 35.3 Å². The number of nitrogens with zero attached hydrogens (tertiary/aromatic N) is 6. The summed E-state index contributed by atoms with van der Waals surface area (Å²) >= 11 is 0. The number of aryl methyl sites for hydroxylation is 1. The lowest BCUT2D eigenvalue weighted by Gasteiger charge is -2.16. The van der Waals surface area contributed by atoms with Gasteiger partial charge in [0.1, 0.15) is 5.69 Å². The Bertz CT molecular complexity index is 1340. The lowest BCUT2D eigenvalue weighted by molar-refractivity contribution is -0.144. The van der Waals surface area contributed by atoms with E-state index in [1.807, 2.05) is 25.1 Å². The van der Waals surface area contributed by atoms with Gasteiger partial charge >= 0.3 is 0 Å². The number of anilines is 2. The van der Waals surface area contributed by atoms with Gasteiger partial charge in [0.2, 0.25) is 11.5 Å². The minimum atomic E-state index is -1.70. The van der Waals surface area contributed by atoms with Crippen LogP contribution in [0.15, 0.2) is 59.5 Å². The lowest BCUT2D eigenvalue weighted by Crippen LogP contribution is -2.35. The Morgan fingerprint density at radius 2 is 1.88 bits per heavy atom. The minimum absolute atomic E-state index is 0.111. The molecule has 2 N–H and O–H groups in total. The number of pyridine rings is 2. The van der Waals surface area contributed by atoms with Crippen molar-refractivity contribution in [1.29, 1.82) is 0 Å². The first kappa shape index (κ1) is 20.7. The molecule has 0 radical (unpaired) electrons. The fraction of sp³-hybridized carbons (Fsp3) is 0.217. The van der Waals surface area contributed by atoms with E-state index < -0.39 is 11.5 Å². The van der Waals surface area contributed by atoms with E-state index in [4.69, 9.17) is 4.52 Å². The van der Waals surface area contributed by atoms with Gasteiger partial charge in [-0.15, -0.1) is 0 Å². The molecule has 10 heteroatoms. The van der Waals surface area contributed by atoms with Gasteiger partial charge < -0.3 is 19.8 Å². The lowest BCUT2D eigenvalue weighted by atomic mass is 9.98. The van der Waals surface area contributed by atoms with Crippen molar-refractivity contribution in [3.05, 3.63) is 66.3 Å². The summed E-state index contributed by atoms with van der Waals surface area (Å²) in [4.78, 5) is 31.4. The summed E-state index contributed by atoms with van der Waals surface area (Å²) in [5.41, 5.74) is 2.33. The Morgan fingerprint density at radius 1 is 1.09 bits per heavy atom. The highest BCUT2D eigenvalue weighted by Gasteiger charge is 2.48. The zero-order valence-electron chi connectivity index (χ0n) is 18.1. The molecule has 1 amide bonds. The summed E-state index contributed by atoms with van der Waals surface area (Å²) < 4.78 is 5.34. The summed E-state index contributed by atoms with van der Waals surface area (Å²) in [6.45, 7) is 2.40. The van der Waals surface area contributed by atoms with Crippen LogP contribution in [0.4, 0.5) is 11.6 Å². The summed E-state index contributed by atoms with van der Waals surface area (Å²) in [6.07, 6.45) is 5.36. The molecule has 4 aromatic rings. The predicted molar refractivity (Wildman–Crippen MR) is 119 cm³/mol. The smallest absolute Gasteiger partial charge is 0.262 e. The number of nitrogens with one attached hydrogen (secondary N) is 1. The molecule has 5 rings (SSSR count). The molecular formula is C23H21N7O3. The second kappa shape index (κ2) is 8.06. The topological polar surface area (TPSA) is 130 Å². The third kappa shape index (κ3) is 3.80. The number of likely N-dealkylation sites (N-methyl/N-ethyl adjacent to an activating group) is 1. The van der Waals surface area contributed by atoms with E-state index in [2.05, 4.69) is 30.4 Å². The van der Waals surface area contributed by atoms with Crippen LogP contribution in [0.2, 0.25) is 0 Å². The highest BCUT2D eigenvalue weighted by atomic mass is 16.5. The van der Waals surface area contributed by atoms with E-state index in [-0.39, 0.29) is 12.2 Å². The van der Waals surface area contributed by atoms with Gasteiger partial charge in [-0.05, 0) is 36.8 Å². The fourth-order valence-electron chi connectivity index (χ4n) is 3.69. The first-order valence-corrected chi connectivity index (χ1v) is 10.4. The van der Waals surface area contributed by atoms with Crippen LogP contribution < -0.4 is 5.32 Å². The molecule has 0 aliphatic carbocycles. The van der Waals surface area contributed by atoms with Crippen LogP contribution >= 0.6 is 0 Å². The van der Waals surface area contributed by atoms with Crippen molar-refractivity contribution < 1.29 is 14.4 Å². The second-order valence-electron chi connectivity index (χ2n) is 7.90. The second-order valence-corrected chi connectivity index (χ2v) is 7.90. The fourth-order valence-corrected chi connectivity index (χ4v) is 3.69. The number of aromatic nitrogens is 5. The van der Waals surface area contributed by atoms with Crippen LogP contribution in [0.25, 0.3) is 22.8 Å². The average molecular weight is 443 g/mol. The van der Waals surface area contributed by atoms with Crippen molar-refractivity contribution in [2.75, 3.05) is 18.9 Å². The molecule has 1 aliphatic rings. The molecule has 166 valence electrons. The van der Waals surface area contributed by atoms with Gasteiger partial charge in [-0.1, -0.05) is 11.2 Å². The van der Waals surface area contributed by atoms with Gasteiger partial charge in [0.25, 0.3) is 5.91 Å². The standard InChI is InChI=1S/C23H21N7O3/c1-14-13-24-9-6-15(14)27-22-25-10-7-18(28-22)16-4-3-5-17(26-16)19-12-20(33-29-19)23(32)8-11-30(2)21(23)31/h3-7,9-10,12-13,32H,8,11H2,1-2H3,(H,24,25,27,28)/t23-/m1/s1. The number of rotatable bonds is 5. The third-order valence-electron chi connectivity index (χ3n) is 5.62. The first-order valence-electron chi connectivity index (χ1n) is 10.4. The van der Waals surface area contributed by atoms with Crippen LogP contribution in [0.3, 0.4) is 0 Å². The maximum Gasteiger partial charge on any atom is 0.262 e. The molecule has 0 bridgehead atoms. The Hall–Kier alpha value is -4.18. The highest BCUT2D eigenvalue weighted by Crippen LogP contribution is 2.34. The van der Waals surface area contributed by atoms with E-state index in [0.717, 1.165) is 11.3 Å². The van der Waals surface area contributed by atoms with Crippen LogP contribution in [0.1, 0.15) is 17.7 Å². The molecular weight excluding hydrogens is 422 g/mol. The SMILES string of the molecule is Cc1cnccc1Nc1nccc(-c2cccc(-c3cc([C@]4(O)CCN(C)C4=O)on3)n2)n1. The van der Waals surface area contributed by atoms with Crippen molar-refractivity contribution in [1.82, 2.24) is 30.0 Å². The summed E-state index contributed by atoms with van der Waals surface area (Å²) in [6, 6.07) is 10.6. The van der Waals surface area contributed by atoms with Crippen LogP contribution in [0.5, 0.6) is 0 Å². The van der Waals surface area contributed by atoms with E-state index >= 15 is 0 Å². The predicted octanol–water partition coefficient (Wildman–Crippen LogP) is 2.69. The van der Waals surface area contributed by atoms with Crippen LogP contribution in [-0.2, 0) is 10.4 Å². The number of carbonyl (C=O) groups excluding carboxylic acids is 1. The molecule has 1 fully saturated rings. The number of likely N-dealkylation sites (tertiary alicyclic amines) is 1. The van der Waals surface area contributed by atoms with Crippen molar-refractivity contribution in [2.24, 2.45) is 0 Å². The molecule has 0 unspecified atom stereocenters. The number of hydrogen-bond donors (Lipinski definition) is 2. The molecule has 33 heavy (non-hydrogen) atoms. The zero-order valence-corrected chi connectivity index (χ0v) is 18.1. The number of aliphatic hydroxyl groups is 1. The Kier molecular flexibility index (Phi) is 5.06. The van der Waals surface area contributed by atoms with Gasteiger partial charge in [-0.2, -0.15) is 0 Å². The monoisotopic (exact) mass is 443 g/mol. The van der Waals surface area contributed by atoms with Crippen molar-refractivity contribution in [2.45, 2.75) is 18.9 Å². The van der Waals surface area contributed by atoms with Crippen molar-refractivity contribution >= 4 is 17.5 Å². The van der Waals surface area contributed by atoms with Crippen molar-refractivity contribution in [3.63, 3.8) is 0 Å². The molecule has 4 aromatic heterocycles. The zero-order chi connectivity index (χ0) is 23.0.